The molecule has 0 unspecified atom stereocenters. The maximum Gasteiger partial charge on any atom is 0.226 e. The molecule has 2 aliphatic heterocycles. The van der Waals surface area contributed by atoms with Gasteiger partial charge in [0.15, 0.2) is 5.82 Å². The third-order valence-electron chi connectivity index (χ3n) is 4.08. The maximum atomic E-state index is 12.5. The molecular weight excluding hydrogens is 244 g/mol. The first-order valence-electron chi connectivity index (χ1n) is 6.93. The number of carbonyl (C=O) groups is 1. The van der Waals surface area contributed by atoms with Gasteiger partial charge in [-0.05, 0) is 26.7 Å². The van der Waals surface area contributed by atoms with Gasteiger partial charge in [-0.25, -0.2) is 0 Å². The summed E-state index contributed by atoms with van der Waals surface area (Å²) in [6.07, 6.45) is 1.69. The largest absolute Gasteiger partial charge is 0.381 e. The number of amides is 1. The van der Waals surface area contributed by atoms with Gasteiger partial charge in [0.2, 0.25) is 5.91 Å². The SMILES string of the molecule is Cc1nnc2n1[C@H](C)CN(C(=O)C1CCOCC1)C2. The molecule has 3 rings (SSSR count). The standard InChI is InChI=1S/C13H20N4O2/c1-9-7-16(8-12-15-14-10(2)17(9)12)13(18)11-3-5-19-6-4-11/h9,11H,3-8H2,1-2H3/t9-/m1/s1. The normalized spacial score (nSPS) is 24.3. The Morgan fingerprint density at radius 2 is 2.05 bits per heavy atom. The van der Waals surface area contributed by atoms with Crippen LogP contribution in [0.25, 0.3) is 0 Å². The highest BCUT2D eigenvalue weighted by Gasteiger charge is 2.32. The summed E-state index contributed by atoms with van der Waals surface area (Å²) >= 11 is 0. The van der Waals surface area contributed by atoms with Crippen molar-refractivity contribution in [2.24, 2.45) is 5.92 Å². The second-order valence-electron chi connectivity index (χ2n) is 5.49. The van der Waals surface area contributed by atoms with Crippen LogP contribution in [0.5, 0.6) is 0 Å². The first-order valence-corrected chi connectivity index (χ1v) is 6.93. The second kappa shape index (κ2) is 4.92. The third-order valence-corrected chi connectivity index (χ3v) is 4.08. The Morgan fingerprint density at radius 3 is 2.79 bits per heavy atom. The molecule has 1 aromatic rings. The van der Waals surface area contributed by atoms with E-state index in [0.717, 1.165) is 31.0 Å². The zero-order valence-electron chi connectivity index (χ0n) is 11.5. The van der Waals surface area contributed by atoms with Crippen molar-refractivity contribution in [1.29, 1.82) is 0 Å². The summed E-state index contributed by atoms with van der Waals surface area (Å²) in [5, 5.41) is 8.29. The van der Waals surface area contributed by atoms with Crippen LogP contribution in [0.2, 0.25) is 0 Å². The third kappa shape index (κ3) is 2.25. The zero-order chi connectivity index (χ0) is 13.4. The average Bonchev–Trinajstić information content (AvgIpc) is 2.81. The molecule has 0 saturated carbocycles. The topological polar surface area (TPSA) is 60.2 Å². The van der Waals surface area contributed by atoms with E-state index in [0.29, 0.717) is 19.8 Å². The zero-order valence-corrected chi connectivity index (χ0v) is 11.5. The minimum atomic E-state index is 0.122. The fraction of sp³-hybridized carbons (Fsp3) is 0.769. The molecule has 0 radical (unpaired) electrons. The Kier molecular flexibility index (Phi) is 3.26. The van der Waals surface area contributed by atoms with E-state index in [2.05, 4.69) is 21.7 Å². The molecular formula is C13H20N4O2. The highest BCUT2D eigenvalue weighted by atomic mass is 16.5. The quantitative estimate of drug-likeness (QED) is 0.756. The number of ether oxygens (including phenoxy) is 1. The summed E-state index contributed by atoms with van der Waals surface area (Å²) in [5.74, 6) is 2.20. The highest BCUT2D eigenvalue weighted by molar-refractivity contribution is 5.79. The number of nitrogens with zero attached hydrogens (tertiary/aromatic N) is 4. The van der Waals surface area contributed by atoms with Crippen molar-refractivity contribution in [2.75, 3.05) is 19.8 Å². The van der Waals surface area contributed by atoms with E-state index in [-0.39, 0.29) is 17.9 Å². The van der Waals surface area contributed by atoms with Gasteiger partial charge in [-0.3, -0.25) is 4.79 Å². The Balaban J connectivity index is 1.75. The second-order valence-corrected chi connectivity index (χ2v) is 5.49. The number of carbonyl (C=O) groups excluding carboxylic acids is 1. The minimum Gasteiger partial charge on any atom is -0.381 e. The fourth-order valence-corrected chi connectivity index (χ4v) is 3.10. The van der Waals surface area contributed by atoms with Gasteiger partial charge >= 0.3 is 0 Å². The molecule has 0 bridgehead atoms. The Bertz CT molecular complexity index is 479. The molecule has 3 heterocycles. The van der Waals surface area contributed by atoms with Crippen LogP contribution in [0.4, 0.5) is 0 Å². The molecule has 1 saturated heterocycles. The van der Waals surface area contributed by atoms with Crippen molar-refractivity contribution < 1.29 is 9.53 Å². The molecule has 0 spiro atoms. The molecule has 104 valence electrons. The Labute approximate surface area is 112 Å². The Hall–Kier alpha value is -1.43. The van der Waals surface area contributed by atoms with Gasteiger partial charge in [-0.2, -0.15) is 0 Å². The molecule has 0 aromatic carbocycles. The van der Waals surface area contributed by atoms with Gasteiger partial charge < -0.3 is 14.2 Å². The van der Waals surface area contributed by atoms with Crippen molar-refractivity contribution in [1.82, 2.24) is 19.7 Å². The summed E-state index contributed by atoms with van der Waals surface area (Å²) in [6, 6.07) is 0.252. The van der Waals surface area contributed by atoms with E-state index in [9.17, 15) is 4.79 Å². The predicted molar refractivity (Wildman–Crippen MR) is 68.4 cm³/mol. The lowest BCUT2D eigenvalue weighted by Crippen LogP contribution is -2.44. The van der Waals surface area contributed by atoms with Gasteiger partial charge in [-0.15, -0.1) is 10.2 Å². The number of aromatic nitrogens is 3. The molecule has 6 heteroatoms. The van der Waals surface area contributed by atoms with Gasteiger partial charge in [0.1, 0.15) is 5.82 Å². The fourth-order valence-electron chi connectivity index (χ4n) is 3.10. The Morgan fingerprint density at radius 1 is 1.32 bits per heavy atom. The number of aryl methyl sites for hydroxylation is 1. The van der Waals surface area contributed by atoms with Crippen molar-refractivity contribution in [3.63, 3.8) is 0 Å². The van der Waals surface area contributed by atoms with Gasteiger partial charge in [0, 0.05) is 25.7 Å². The monoisotopic (exact) mass is 264 g/mol. The van der Waals surface area contributed by atoms with E-state index < -0.39 is 0 Å². The molecule has 0 N–H and O–H groups in total. The van der Waals surface area contributed by atoms with Crippen molar-refractivity contribution in [2.45, 2.75) is 39.3 Å². The predicted octanol–water partition coefficient (Wildman–Crippen LogP) is 0.916. The van der Waals surface area contributed by atoms with Crippen LogP contribution in [0.15, 0.2) is 0 Å². The first-order chi connectivity index (χ1) is 9.16. The van der Waals surface area contributed by atoms with E-state index in [4.69, 9.17) is 4.74 Å². The number of hydrogen-bond acceptors (Lipinski definition) is 4. The van der Waals surface area contributed by atoms with Crippen LogP contribution < -0.4 is 0 Å². The summed E-state index contributed by atoms with van der Waals surface area (Å²) < 4.78 is 7.45. The summed E-state index contributed by atoms with van der Waals surface area (Å²) in [7, 11) is 0. The summed E-state index contributed by atoms with van der Waals surface area (Å²) in [6.45, 7) is 6.82. The van der Waals surface area contributed by atoms with E-state index in [1.165, 1.54) is 0 Å². The van der Waals surface area contributed by atoms with E-state index in [1.54, 1.807) is 0 Å². The van der Waals surface area contributed by atoms with Crippen LogP contribution in [-0.2, 0) is 16.1 Å². The molecule has 1 atom stereocenters. The van der Waals surface area contributed by atoms with Crippen LogP contribution in [0.1, 0.15) is 37.5 Å². The van der Waals surface area contributed by atoms with Crippen LogP contribution >= 0.6 is 0 Å². The lowest BCUT2D eigenvalue weighted by Gasteiger charge is -2.35. The van der Waals surface area contributed by atoms with Gasteiger partial charge in [0.25, 0.3) is 0 Å². The molecule has 0 aliphatic carbocycles. The molecule has 1 fully saturated rings. The van der Waals surface area contributed by atoms with E-state index >= 15 is 0 Å². The van der Waals surface area contributed by atoms with Crippen molar-refractivity contribution in [3.05, 3.63) is 11.6 Å². The lowest BCUT2D eigenvalue weighted by molar-refractivity contribution is -0.140. The van der Waals surface area contributed by atoms with Gasteiger partial charge in [-0.1, -0.05) is 0 Å². The van der Waals surface area contributed by atoms with Crippen molar-refractivity contribution >= 4 is 5.91 Å². The lowest BCUT2D eigenvalue weighted by atomic mass is 9.98. The molecule has 1 amide bonds. The summed E-state index contributed by atoms with van der Waals surface area (Å²) in [4.78, 5) is 14.5. The van der Waals surface area contributed by atoms with Crippen LogP contribution in [0, 0.1) is 12.8 Å². The number of hydrogen-bond donors (Lipinski definition) is 0. The van der Waals surface area contributed by atoms with E-state index in [1.807, 2.05) is 11.8 Å². The molecule has 6 nitrogen and oxygen atoms in total. The maximum absolute atomic E-state index is 12.5. The highest BCUT2D eigenvalue weighted by Crippen LogP contribution is 2.25. The van der Waals surface area contributed by atoms with Crippen molar-refractivity contribution in [3.8, 4) is 0 Å². The minimum absolute atomic E-state index is 0.122. The average molecular weight is 264 g/mol. The summed E-state index contributed by atoms with van der Waals surface area (Å²) in [5.41, 5.74) is 0. The number of fused-ring (bicyclic) bond motifs is 1. The molecule has 19 heavy (non-hydrogen) atoms. The smallest absolute Gasteiger partial charge is 0.226 e. The first kappa shape index (κ1) is 12.6. The van der Waals surface area contributed by atoms with Crippen LogP contribution in [0.3, 0.4) is 0 Å². The number of rotatable bonds is 1. The van der Waals surface area contributed by atoms with Crippen LogP contribution in [-0.4, -0.2) is 45.3 Å². The van der Waals surface area contributed by atoms with Gasteiger partial charge in [0.05, 0.1) is 12.6 Å². The molecule has 2 aliphatic rings. The molecule has 1 aromatic heterocycles.